The van der Waals surface area contributed by atoms with E-state index in [0.29, 0.717) is 0 Å². The highest BCUT2D eigenvalue weighted by Crippen LogP contribution is 2.27. The number of aliphatic hydroxyl groups is 1. The quantitative estimate of drug-likeness (QED) is 0.0409. The van der Waals surface area contributed by atoms with Crippen molar-refractivity contribution in [1.29, 1.82) is 0 Å². The Morgan fingerprint density at radius 3 is 0.727 bits per heavy atom. The zero-order chi connectivity index (χ0) is 31.7. The van der Waals surface area contributed by atoms with Crippen molar-refractivity contribution in [2.75, 3.05) is 20.1 Å². The van der Waals surface area contributed by atoms with Gasteiger partial charge in [-0.2, -0.15) is 0 Å². The zero-order valence-corrected chi connectivity index (χ0v) is 32.3. The van der Waals surface area contributed by atoms with Crippen molar-refractivity contribution in [3.8, 4) is 0 Å². The van der Waals surface area contributed by atoms with E-state index in [0.717, 1.165) is 24.0 Å². The van der Waals surface area contributed by atoms with E-state index >= 15 is 0 Å². The van der Waals surface area contributed by atoms with Crippen LogP contribution in [0.5, 0.6) is 0 Å². The molecule has 1 N–H and O–H groups in total. The number of hydrogen-bond donors (Lipinski definition) is 1. The number of quaternary nitrogens is 1. The van der Waals surface area contributed by atoms with Crippen molar-refractivity contribution in [1.82, 2.24) is 0 Å². The van der Waals surface area contributed by atoms with Gasteiger partial charge in [0.05, 0.1) is 20.1 Å². The van der Waals surface area contributed by atoms with Gasteiger partial charge < -0.3 is 17.5 Å². The SMILES string of the molecule is CCCCCCCCCCCCCCCCCC[N+](C)(CCCCCCCCCCCCCCCCCC)C(C)(O)CC.[Cl-]. The Morgan fingerprint density at radius 1 is 0.364 bits per heavy atom. The highest BCUT2D eigenvalue weighted by molar-refractivity contribution is 4.61. The van der Waals surface area contributed by atoms with Crippen molar-refractivity contribution < 1.29 is 22.0 Å². The molecule has 1 atom stereocenters. The van der Waals surface area contributed by atoms with E-state index in [1.807, 2.05) is 0 Å². The largest absolute Gasteiger partial charge is 1.00 e. The van der Waals surface area contributed by atoms with Crippen molar-refractivity contribution in [3.63, 3.8) is 0 Å². The Hall–Kier alpha value is 0.210. The lowest BCUT2D eigenvalue weighted by Crippen LogP contribution is -3.00. The maximum Gasteiger partial charge on any atom is 0.197 e. The van der Waals surface area contributed by atoms with Gasteiger partial charge in [-0.1, -0.05) is 201 Å². The summed E-state index contributed by atoms with van der Waals surface area (Å²) in [6.45, 7) is 11.1. The third kappa shape index (κ3) is 28.4. The molecule has 44 heavy (non-hydrogen) atoms. The number of halogens is 1. The normalized spacial score (nSPS) is 13.2. The molecular formula is C41H86ClNO. The first-order valence-electron chi connectivity index (χ1n) is 20.5. The molecule has 0 saturated heterocycles. The first kappa shape index (κ1) is 46.3. The van der Waals surface area contributed by atoms with Gasteiger partial charge in [-0.25, -0.2) is 0 Å². The molecule has 268 valence electrons. The molecule has 0 amide bonds. The minimum absolute atomic E-state index is 0. The summed E-state index contributed by atoms with van der Waals surface area (Å²) in [6, 6.07) is 0. The predicted molar refractivity (Wildman–Crippen MR) is 196 cm³/mol. The lowest BCUT2D eigenvalue weighted by molar-refractivity contribution is -0.982. The number of rotatable bonds is 36. The monoisotopic (exact) mass is 644 g/mol. The van der Waals surface area contributed by atoms with E-state index in [9.17, 15) is 5.11 Å². The molecule has 0 aromatic carbocycles. The van der Waals surface area contributed by atoms with Gasteiger partial charge >= 0.3 is 0 Å². The van der Waals surface area contributed by atoms with Crippen LogP contribution in [0.2, 0.25) is 0 Å². The predicted octanol–water partition coefficient (Wildman–Crippen LogP) is 11.1. The van der Waals surface area contributed by atoms with Gasteiger partial charge in [0.15, 0.2) is 5.72 Å². The number of unbranched alkanes of at least 4 members (excludes halogenated alkanes) is 30. The van der Waals surface area contributed by atoms with E-state index in [4.69, 9.17) is 0 Å². The maximum absolute atomic E-state index is 11.3. The Kier molecular flexibility index (Phi) is 36.4. The number of hydrogen-bond acceptors (Lipinski definition) is 1. The number of nitrogens with zero attached hydrogens (tertiary/aromatic N) is 1. The summed E-state index contributed by atoms with van der Waals surface area (Å²) >= 11 is 0. The van der Waals surface area contributed by atoms with Crippen molar-refractivity contribution >= 4 is 0 Å². The molecule has 0 rings (SSSR count). The summed E-state index contributed by atoms with van der Waals surface area (Å²) in [4.78, 5) is 0. The molecule has 0 spiro atoms. The lowest BCUT2D eigenvalue weighted by atomic mass is 10.0. The van der Waals surface area contributed by atoms with Gasteiger partial charge in [0.2, 0.25) is 0 Å². The van der Waals surface area contributed by atoms with Crippen molar-refractivity contribution in [2.24, 2.45) is 0 Å². The minimum Gasteiger partial charge on any atom is -1.00 e. The van der Waals surface area contributed by atoms with Gasteiger partial charge in [0, 0.05) is 13.3 Å². The van der Waals surface area contributed by atoms with Crippen LogP contribution in [0.25, 0.3) is 0 Å². The van der Waals surface area contributed by atoms with Crippen LogP contribution in [0.4, 0.5) is 0 Å². The Bertz CT molecular complexity index is 501. The molecule has 0 radical (unpaired) electrons. The average Bonchev–Trinajstić information content (AvgIpc) is 3.00. The first-order chi connectivity index (χ1) is 20.9. The van der Waals surface area contributed by atoms with Gasteiger partial charge in [0.25, 0.3) is 0 Å². The van der Waals surface area contributed by atoms with Crippen LogP contribution in [0.3, 0.4) is 0 Å². The zero-order valence-electron chi connectivity index (χ0n) is 31.5. The minimum atomic E-state index is -0.592. The summed E-state index contributed by atoms with van der Waals surface area (Å²) in [5.41, 5.74) is -0.592. The van der Waals surface area contributed by atoms with Crippen LogP contribution in [-0.2, 0) is 0 Å². The molecule has 0 fully saturated rings. The van der Waals surface area contributed by atoms with E-state index in [-0.39, 0.29) is 12.4 Å². The van der Waals surface area contributed by atoms with E-state index in [1.54, 1.807) is 0 Å². The third-order valence-corrected chi connectivity index (χ3v) is 10.8. The van der Waals surface area contributed by atoms with Crippen LogP contribution >= 0.6 is 0 Å². The van der Waals surface area contributed by atoms with Crippen LogP contribution in [-0.4, -0.2) is 35.5 Å². The van der Waals surface area contributed by atoms with Crippen molar-refractivity contribution in [3.05, 3.63) is 0 Å². The van der Waals surface area contributed by atoms with Crippen LogP contribution in [0, 0.1) is 0 Å². The standard InChI is InChI=1S/C41H86NO.ClH/c1-6-9-11-13-15-17-19-21-23-25-27-29-31-33-35-37-39-42(5,41(4,43)8-3)40-38-36-34-32-30-28-26-24-22-20-18-16-14-12-10-7-2;/h43H,6-40H2,1-5H3;1H/q+1;/p-1. The van der Waals surface area contributed by atoms with Gasteiger partial charge in [-0.3, -0.25) is 4.48 Å². The second-order valence-corrected chi connectivity index (χ2v) is 15.0. The van der Waals surface area contributed by atoms with Gasteiger partial charge in [0.1, 0.15) is 0 Å². The third-order valence-electron chi connectivity index (χ3n) is 10.8. The molecule has 0 aliphatic heterocycles. The summed E-state index contributed by atoms with van der Waals surface area (Å²) in [6.07, 6.45) is 46.3. The molecular weight excluding hydrogens is 558 g/mol. The summed E-state index contributed by atoms with van der Waals surface area (Å²) in [7, 11) is 2.33. The van der Waals surface area contributed by atoms with Crippen LogP contribution in [0.15, 0.2) is 0 Å². The van der Waals surface area contributed by atoms with E-state index in [1.165, 1.54) is 205 Å². The summed E-state index contributed by atoms with van der Waals surface area (Å²) in [5.74, 6) is 0. The second-order valence-electron chi connectivity index (χ2n) is 15.0. The average molecular weight is 645 g/mol. The fourth-order valence-electron chi connectivity index (χ4n) is 6.99. The fourth-order valence-corrected chi connectivity index (χ4v) is 6.99. The molecule has 0 aromatic rings. The highest BCUT2D eigenvalue weighted by Gasteiger charge is 2.39. The molecule has 0 aliphatic carbocycles. The Labute approximate surface area is 286 Å². The van der Waals surface area contributed by atoms with E-state index < -0.39 is 5.72 Å². The van der Waals surface area contributed by atoms with Gasteiger partial charge in [-0.05, 0) is 25.7 Å². The molecule has 0 saturated carbocycles. The first-order valence-corrected chi connectivity index (χ1v) is 20.5. The van der Waals surface area contributed by atoms with Crippen LogP contribution < -0.4 is 12.4 Å². The molecule has 1 unspecified atom stereocenters. The van der Waals surface area contributed by atoms with Gasteiger partial charge in [-0.15, -0.1) is 0 Å². The Morgan fingerprint density at radius 2 is 0.545 bits per heavy atom. The topological polar surface area (TPSA) is 20.2 Å². The maximum atomic E-state index is 11.3. The summed E-state index contributed by atoms with van der Waals surface area (Å²) < 4.78 is 0.848. The van der Waals surface area contributed by atoms with Crippen LogP contribution in [0.1, 0.15) is 240 Å². The molecule has 0 aromatic heterocycles. The molecule has 0 heterocycles. The smallest absolute Gasteiger partial charge is 0.197 e. The molecule has 0 bridgehead atoms. The molecule has 3 heteroatoms. The van der Waals surface area contributed by atoms with E-state index in [2.05, 4.69) is 34.7 Å². The molecule has 0 aliphatic rings. The lowest BCUT2D eigenvalue weighted by Gasteiger charge is -2.46. The highest BCUT2D eigenvalue weighted by atomic mass is 35.5. The summed E-state index contributed by atoms with van der Waals surface area (Å²) in [5, 5.41) is 11.3. The fraction of sp³-hybridized carbons (Fsp3) is 1.00. The second kappa shape index (κ2) is 34.5. The van der Waals surface area contributed by atoms with Crippen molar-refractivity contribution in [2.45, 2.75) is 245 Å². The molecule has 2 nitrogen and oxygen atoms in total. The Balaban J connectivity index is 0.